The van der Waals surface area contributed by atoms with E-state index in [1.807, 2.05) is 0 Å². The molecule has 12 aromatic rings. The molecule has 0 saturated heterocycles. The van der Waals surface area contributed by atoms with Gasteiger partial charge in [0.2, 0.25) is 0 Å². The minimum Gasteiger partial charge on any atom is -0.310 e. The van der Waals surface area contributed by atoms with E-state index >= 15 is 0 Å². The number of nitrogens with zero attached hydrogens (tertiary/aromatic N) is 1. The second-order valence-electron chi connectivity index (χ2n) is 17.5. The normalized spacial score (nSPS) is 12.7. The molecule has 1 heteroatoms. The van der Waals surface area contributed by atoms with Crippen LogP contribution in [0.15, 0.2) is 261 Å². The van der Waals surface area contributed by atoms with E-state index in [0.29, 0.717) is 0 Å². The van der Waals surface area contributed by atoms with Crippen LogP contribution >= 0.6 is 0 Å². The smallest absolute Gasteiger partial charge is 0.0714 e. The first-order valence-electron chi connectivity index (χ1n) is 22.9. The molecule has 0 N–H and O–H groups in total. The number of anilines is 3. The molecular weight excluding hydrogens is 795 g/mol. The molecule has 0 amide bonds. The minimum absolute atomic E-state index is 0.525. The lowest BCUT2D eigenvalue weighted by molar-refractivity contribution is 0.768. The summed E-state index contributed by atoms with van der Waals surface area (Å²) >= 11 is 0. The zero-order valence-electron chi connectivity index (χ0n) is 36.3. The quantitative estimate of drug-likeness (QED) is 0.145. The molecule has 0 saturated carbocycles. The summed E-state index contributed by atoms with van der Waals surface area (Å²) in [6.45, 7) is 0. The Labute approximate surface area is 385 Å². The molecule has 1 aliphatic carbocycles. The topological polar surface area (TPSA) is 3.24 Å². The van der Waals surface area contributed by atoms with Gasteiger partial charge < -0.3 is 4.90 Å². The van der Waals surface area contributed by atoms with Gasteiger partial charge in [-0.3, -0.25) is 0 Å². The highest BCUT2D eigenvalue weighted by Crippen LogP contribution is 2.59. The van der Waals surface area contributed by atoms with E-state index in [4.69, 9.17) is 0 Å². The van der Waals surface area contributed by atoms with Crippen LogP contribution in [0.3, 0.4) is 0 Å². The van der Waals surface area contributed by atoms with Gasteiger partial charge in [-0.15, -0.1) is 0 Å². The van der Waals surface area contributed by atoms with Gasteiger partial charge >= 0.3 is 0 Å². The van der Waals surface area contributed by atoms with Crippen molar-refractivity contribution in [3.63, 3.8) is 0 Å². The lowest BCUT2D eigenvalue weighted by Crippen LogP contribution is -2.28. The van der Waals surface area contributed by atoms with Gasteiger partial charge in [0.15, 0.2) is 0 Å². The van der Waals surface area contributed by atoms with Crippen LogP contribution < -0.4 is 4.90 Å². The van der Waals surface area contributed by atoms with Crippen molar-refractivity contribution in [1.29, 1.82) is 0 Å². The van der Waals surface area contributed by atoms with Crippen LogP contribution in [0.2, 0.25) is 0 Å². The maximum absolute atomic E-state index is 2.50. The SMILES string of the molecule is c1ccc(C2(c3ccccc3)c3ccccc3-c3c(N(c4ccc(-c5cc6ccccc6c6ccccc56)cc4)c4cccc(-c5cc6ccccc6c6ccccc56)c4)cccc32)cc1. The molecule has 0 fully saturated rings. The Morgan fingerprint density at radius 2 is 0.758 bits per heavy atom. The first-order valence-corrected chi connectivity index (χ1v) is 22.9. The molecule has 308 valence electrons. The first-order chi connectivity index (χ1) is 32.8. The van der Waals surface area contributed by atoms with E-state index in [1.165, 1.54) is 98.7 Å². The zero-order chi connectivity index (χ0) is 43.6. The number of rotatable bonds is 7. The Kier molecular flexibility index (Phi) is 8.82. The van der Waals surface area contributed by atoms with E-state index < -0.39 is 5.41 Å². The fourth-order valence-corrected chi connectivity index (χ4v) is 11.3. The van der Waals surface area contributed by atoms with Crippen LogP contribution in [0.4, 0.5) is 17.1 Å². The Bertz CT molecular complexity index is 3770. The van der Waals surface area contributed by atoms with Crippen molar-refractivity contribution >= 4 is 60.2 Å². The fourth-order valence-electron chi connectivity index (χ4n) is 11.3. The molecule has 0 unspecified atom stereocenters. The largest absolute Gasteiger partial charge is 0.310 e. The Balaban J connectivity index is 1.06. The van der Waals surface area contributed by atoms with Crippen LogP contribution in [0.5, 0.6) is 0 Å². The van der Waals surface area contributed by atoms with E-state index in [-0.39, 0.29) is 0 Å². The third-order valence-electron chi connectivity index (χ3n) is 14.1. The molecule has 0 heterocycles. The number of benzene rings is 12. The van der Waals surface area contributed by atoms with Crippen LogP contribution in [0.1, 0.15) is 22.3 Å². The molecular formula is C65H43N. The molecule has 12 aromatic carbocycles. The highest BCUT2D eigenvalue weighted by atomic mass is 15.1. The second kappa shape index (κ2) is 15.3. The highest BCUT2D eigenvalue weighted by Gasteiger charge is 2.47. The summed E-state index contributed by atoms with van der Waals surface area (Å²) in [6, 6.07) is 96.5. The highest BCUT2D eigenvalue weighted by molar-refractivity contribution is 6.15. The monoisotopic (exact) mass is 837 g/mol. The van der Waals surface area contributed by atoms with Gasteiger partial charge in [0.25, 0.3) is 0 Å². The van der Waals surface area contributed by atoms with Crippen LogP contribution in [0.25, 0.3) is 76.5 Å². The van der Waals surface area contributed by atoms with Gasteiger partial charge in [-0.2, -0.15) is 0 Å². The number of fused-ring (bicyclic) bond motifs is 9. The first kappa shape index (κ1) is 38.0. The summed E-state index contributed by atoms with van der Waals surface area (Å²) < 4.78 is 0. The molecule has 13 rings (SSSR count). The minimum atomic E-state index is -0.525. The van der Waals surface area contributed by atoms with E-state index in [9.17, 15) is 0 Å². The van der Waals surface area contributed by atoms with Crippen LogP contribution in [-0.4, -0.2) is 0 Å². The summed E-state index contributed by atoms with van der Waals surface area (Å²) in [4.78, 5) is 2.50. The lowest BCUT2D eigenvalue weighted by Gasteiger charge is -2.34. The van der Waals surface area contributed by atoms with Crippen molar-refractivity contribution in [1.82, 2.24) is 0 Å². The van der Waals surface area contributed by atoms with Gasteiger partial charge in [-0.05, 0) is 136 Å². The number of hydrogen-bond donors (Lipinski definition) is 0. The maximum Gasteiger partial charge on any atom is 0.0714 e. The van der Waals surface area contributed by atoms with E-state index in [0.717, 1.165) is 17.1 Å². The molecule has 0 spiro atoms. The van der Waals surface area contributed by atoms with Crippen molar-refractivity contribution in [2.75, 3.05) is 4.90 Å². The van der Waals surface area contributed by atoms with E-state index in [1.54, 1.807) is 0 Å². The van der Waals surface area contributed by atoms with Crippen LogP contribution in [0, 0.1) is 0 Å². The van der Waals surface area contributed by atoms with Crippen molar-refractivity contribution in [3.8, 4) is 33.4 Å². The summed E-state index contributed by atoms with van der Waals surface area (Å²) in [6.07, 6.45) is 0. The van der Waals surface area contributed by atoms with Gasteiger partial charge in [-0.25, -0.2) is 0 Å². The standard InChI is InChI=1S/C65H43N/c1-3-22-48(23-4-1)65(49-24-5-2-6-25-49)61-34-16-15-33-58(61)64-62(65)35-18-36-63(64)66(50-39-37-44(38-40-50)59-42-46-19-7-9-27-52(46)54-29-11-13-31-56(54)59)51-26-17-21-45(41-51)60-43-47-20-8-10-28-53(47)55-30-12-14-32-57(55)60/h1-43H. The predicted octanol–water partition coefficient (Wildman–Crippen LogP) is 17.5. The average molecular weight is 838 g/mol. The molecule has 0 radical (unpaired) electrons. The van der Waals surface area contributed by atoms with Crippen molar-refractivity contribution in [2.45, 2.75) is 5.41 Å². The number of hydrogen-bond acceptors (Lipinski definition) is 1. The summed E-state index contributed by atoms with van der Waals surface area (Å²) in [5.74, 6) is 0. The van der Waals surface area contributed by atoms with E-state index in [2.05, 4.69) is 266 Å². The Morgan fingerprint density at radius 3 is 1.38 bits per heavy atom. The Morgan fingerprint density at radius 1 is 0.273 bits per heavy atom. The second-order valence-corrected chi connectivity index (χ2v) is 17.5. The summed E-state index contributed by atoms with van der Waals surface area (Å²) in [5.41, 5.74) is 15.2. The van der Waals surface area contributed by atoms with Gasteiger partial charge in [0.1, 0.15) is 0 Å². The zero-order valence-corrected chi connectivity index (χ0v) is 36.3. The van der Waals surface area contributed by atoms with Gasteiger partial charge in [0, 0.05) is 16.9 Å². The molecule has 1 nitrogen and oxygen atoms in total. The Hall–Kier alpha value is -8.52. The lowest BCUT2D eigenvalue weighted by atomic mass is 9.68. The predicted molar refractivity (Wildman–Crippen MR) is 279 cm³/mol. The average Bonchev–Trinajstić information content (AvgIpc) is 3.71. The van der Waals surface area contributed by atoms with Gasteiger partial charge in [0.05, 0.1) is 11.1 Å². The summed E-state index contributed by atoms with van der Waals surface area (Å²) in [5, 5.41) is 10.1. The molecule has 0 bridgehead atoms. The molecule has 0 aliphatic heterocycles. The van der Waals surface area contributed by atoms with Crippen molar-refractivity contribution in [3.05, 3.63) is 283 Å². The van der Waals surface area contributed by atoms with Gasteiger partial charge in [-0.1, -0.05) is 218 Å². The molecule has 0 aromatic heterocycles. The van der Waals surface area contributed by atoms with Crippen molar-refractivity contribution < 1.29 is 0 Å². The fraction of sp³-hybridized carbons (Fsp3) is 0.0154. The van der Waals surface area contributed by atoms with Crippen LogP contribution in [-0.2, 0) is 5.41 Å². The summed E-state index contributed by atoms with van der Waals surface area (Å²) in [7, 11) is 0. The molecule has 66 heavy (non-hydrogen) atoms. The van der Waals surface area contributed by atoms with Crippen molar-refractivity contribution in [2.24, 2.45) is 0 Å². The molecule has 1 aliphatic rings. The molecule has 0 atom stereocenters. The third-order valence-corrected chi connectivity index (χ3v) is 14.1. The third kappa shape index (κ3) is 5.80. The maximum atomic E-state index is 2.50.